The number of pyridine rings is 1. The molecule has 0 aliphatic heterocycles. The smallest absolute Gasteiger partial charge is 0.251 e. The van der Waals surface area contributed by atoms with Gasteiger partial charge in [-0.25, -0.2) is 0 Å². The number of carbonyl (C=O) groups is 1. The Labute approximate surface area is 99.4 Å². The molecule has 5 heteroatoms. The number of fused-ring (bicyclic) bond motifs is 1. The summed E-state index contributed by atoms with van der Waals surface area (Å²) in [6, 6.07) is 5.47. The van der Waals surface area contributed by atoms with Gasteiger partial charge in [0.05, 0.1) is 16.1 Å². The minimum atomic E-state index is -0.575. The number of halogens is 2. The minimum Gasteiger partial charge on any atom is -0.366 e. The molecule has 0 bridgehead atoms. The van der Waals surface area contributed by atoms with E-state index in [9.17, 15) is 4.79 Å². The van der Waals surface area contributed by atoms with Gasteiger partial charge >= 0.3 is 0 Å². The zero-order valence-corrected chi connectivity index (χ0v) is 9.84. The van der Waals surface area contributed by atoms with Crippen molar-refractivity contribution in [3.63, 3.8) is 0 Å². The van der Waals surface area contributed by atoms with E-state index in [4.69, 9.17) is 17.3 Å². The minimum absolute atomic E-state index is 0.238. The van der Waals surface area contributed by atoms with Crippen LogP contribution in [0.3, 0.4) is 0 Å². The van der Waals surface area contributed by atoms with Gasteiger partial charge in [-0.05, 0) is 18.2 Å². The van der Waals surface area contributed by atoms with Crippen LogP contribution in [0.1, 0.15) is 10.4 Å². The monoisotopic (exact) mass is 284 g/mol. The van der Waals surface area contributed by atoms with Crippen LogP contribution in [0.2, 0.25) is 5.02 Å². The van der Waals surface area contributed by atoms with Gasteiger partial charge in [0.25, 0.3) is 5.91 Å². The average molecular weight is 286 g/mol. The summed E-state index contributed by atoms with van der Waals surface area (Å²) in [6.45, 7) is 0. The molecule has 1 heterocycles. The highest BCUT2D eigenvalue weighted by molar-refractivity contribution is 9.10. The van der Waals surface area contributed by atoms with Crippen LogP contribution in [0.25, 0.3) is 10.9 Å². The van der Waals surface area contributed by atoms with Crippen molar-refractivity contribution in [1.82, 2.24) is 4.98 Å². The molecular formula is C10H6BrClN2O. The fourth-order valence-corrected chi connectivity index (χ4v) is 1.96. The van der Waals surface area contributed by atoms with Crippen LogP contribution in [-0.2, 0) is 0 Å². The number of hydrogen-bond donors (Lipinski definition) is 1. The first-order chi connectivity index (χ1) is 7.09. The van der Waals surface area contributed by atoms with Crippen molar-refractivity contribution >= 4 is 44.3 Å². The van der Waals surface area contributed by atoms with E-state index in [1.807, 2.05) is 12.1 Å². The van der Waals surface area contributed by atoms with Crippen LogP contribution >= 0.6 is 27.5 Å². The summed E-state index contributed by atoms with van der Waals surface area (Å²) in [5.41, 5.74) is 6.14. The van der Waals surface area contributed by atoms with Gasteiger partial charge in [-0.3, -0.25) is 9.78 Å². The number of nitrogens with two attached hydrogens (primary N) is 1. The van der Waals surface area contributed by atoms with Crippen LogP contribution in [-0.4, -0.2) is 10.9 Å². The lowest BCUT2D eigenvalue weighted by atomic mass is 10.1. The molecule has 0 aliphatic rings. The van der Waals surface area contributed by atoms with Gasteiger partial charge in [-0.2, -0.15) is 0 Å². The molecular weight excluding hydrogens is 279 g/mol. The second-order valence-corrected chi connectivity index (χ2v) is 4.31. The van der Waals surface area contributed by atoms with Crippen molar-refractivity contribution in [3.05, 3.63) is 39.5 Å². The third-order valence-electron chi connectivity index (χ3n) is 2.03. The van der Waals surface area contributed by atoms with E-state index < -0.39 is 5.91 Å². The molecule has 76 valence electrons. The molecule has 1 aromatic heterocycles. The van der Waals surface area contributed by atoms with Gasteiger partial charge in [-0.1, -0.05) is 27.5 Å². The quantitative estimate of drug-likeness (QED) is 0.876. The molecule has 15 heavy (non-hydrogen) atoms. The summed E-state index contributed by atoms with van der Waals surface area (Å²) in [7, 11) is 0. The zero-order valence-electron chi connectivity index (χ0n) is 7.50. The first-order valence-corrected chi connectivity index (χ1v) is 5.30. The summed E-state index contributed by atoms with van der Waals surface area (Å²) < 4.78 is 0.875. The van der Waals surface area contributed by atoms with E-state index in [2.05, 4.69) is 20.9 Å². The SMILES string of the molecule is NC(=O)c1cnc2ccc(Br)cc2c1Cl. The predicted octanol–water partition coefficient (Wildman–Crippen LogP) is 2.75. The number of amides is 1. The van der Waals surface area contributed by atoms with Crippen LogP contribution in [0, 0.1) is 0 Å². The Kier molecular flexibility index (Phi) is 2.63. The Balaban J connectivity index is 2.82. The van der Waals surface area contributed by atoms with E-state index in [1.54, 1.807) is 6.07 Å². The topological polar surface area (TPSA) is 56.0 Å². The largest absolute Gasteiger partial charge is 0.366 e. The van der Waals surface area contributed by atoms with E-state index >= 15 is 0 Å². The average Bonchev–Trinajstić information content (AvgIpc) is 2.19. The first-order valence-electron chi connectivity index (χ1n) is 4.13. The molecule has 0 unspecified atom stereocenters. The second kappa shape index (κ2) is 3.79. The Morgan fingerprint density at radius 1 is 1.47 bits per heavy atom. The van der Waals surface area contributed by atoms with Crippen molar-refractivity contribution in [3.8, 4) is 0 Å². The standard InChI is InChI=1S/C10H6BrClN2O/c11-5-1-2-8-6(3-5)9(12)7(4-14-8)10(13)15/h1-4H,(H2,13,15). The van der Waals surface area contributed by atoms with Crippen LogP contribution in [0.4, 0.5) is 0 Å². The first kappa shape index (κ1) is 10.4. The van der Waals surface area contributed by atoms with E-state index in [0.29, 0.717) is 10.4 Å². The molecule has 1 amide bonds. The predicted molar refractivity (Wildman–Crippen MR) is 63.0 cm³/mol. The molecule has 0 spiro atoms. The molecule has 1 aromatic carbocycles. The number of carbonyl (C=O) groups excluding carboxylic acids is 1. The van der Waals surface area contributed by atoms with Gasteiger partial charge in [0.2, 0.25) is 0 Å². The third-order valence-corrected chi connectivity index (χ3v) is 2.93. The van der Waals surface area contributed by atoms with E-state index in [0.717, 1.165) is 9.99 Å². The van der Waals surface area contributed by atoms with Crippen LogP contribution in [0.15, 0.2) is 28.9 Å². The van der Waals surface area contributed by atoms with E-state index in [-0.39, 0.29) is 5.56 Å². The van der Waals surface area contributed by atoms with Crippen molar-refractivity contribution in [1.29, 1.82) is 0 Å². The maximum atomic E-state index is 11.0. The normalized spacial score (nSPS) is 10.5. The van der Waals surface area contributed by atoms with Gasteiger partial charge in [-0.15, -0.1) is 0 Å². The summed E-state index contributed by atoms with van der Waals surface area (Å²) in [5, 5.41) is 1.05. The molecule has 0 saturated heterocycles. The molecule has 0 saturated carbocycles. The summed E-state index contributed by atoms with van der Waals surface area (Å²) in [4.78, 5) is 15.1. The Bertz CT molecular complexity index is 556. The molecule has 0 radical (unpaired) electrons. The van der Waals surface area contributed by atoms with Gasteiger partial charge in [0, 0.05) is 16.1 Å². The number of rotatable bonds is 1. The maximum absolute atomic E-state index is 11.0. The molecule has 2 N–H and O–H groups in total. The number of primary amides is 1. The van der Waals surface area contributed by atoms with Crippen molar-refractivity contribution in [2.45, 2.75) is 0 Å². The number of aromatic nitrogens is 1. The number of nitrogens with zero attached hydrogens (tertiary/aromatic N) is 1. The lowest BCUT2D eigenvalue weighted by molar-refractivity contribution is 0.100. The fourth-order valence-electron chi connectivity index (χ4n) is 1.30. The Morgan fingerprint density at radius 3 is 2.87 bits per heavy atom. The van der Waals surface area contributed by atoms with E-state index in [1.165, 1.54) is 6.20 Å². The third kappa shape index (κ3) is 1.82. The van der Waals surface area contributed by atoms with Gasteiger partial charge < -0.3 is 5.73 Å². The van der Waals surface area contributed by atoms with Crippen molar-refractivity contribution < 1.29 is 4.79 Å². The van der Waals surface area contributed by atoms with Gasteiger partial charge in [0.1, 0.15) is 0 Å². The van der Waals surface area contributed by atoms with Crippen molar-refractivity contribution in [2.75, 3.05) is 0 Å². The lowest BCUT2D eigenvalue weighted by Crippen LogP contribution is -2.12. The highest BCUT2D eigenvalue weighted by atomic mass is 79.9. The molecule has 2 rings (SSSR count). The second-order valence-electron chi connectivity index (χ2n) is 3.01. The molecule has 0 aliphatic carbocycles. The Hall–Kier alpha value is -1.13. The van der Waals surface area contributed by atoms with Crippen molar-refractivity contribution in [2.24, 2.45) is 5.73 Å². The maximum Gasteiger partial charge on any atom is 0.251 e. The number of hydrogen-bond acceptors (Lipinski definition) is 2. The highest BCUT2D eigenvalue weighted by Gasteiger charge is 2.10. The molecule has 3 nitrogen and oxygen atoms in total. The lowest BCUT2D eigenvalue weighted by Gasteiger charge is -2.04. The molecule has 0 fully saturated rings. The van der Waals surface area contributed by atoms with Crippen LogP contribution < -0.4 is 5.73 Å². The fraction of sp³-hybridized carbons (Fsp3) is 0. The summed E-state index contributed by atoms with van der Waals surface area (Å²) in [6.07, 6.45) is 1.39. The highest BCUT2D eigenvalue weighted by Crippen LogP contribution is 2.27. The van der Waals surface area contributed by atoms with Gasteiger partial charge in [0.15, 0.2) is 0 Å². The summed E-state index contributed by atoms with van der Waals surface area (Å²) in [5.74, 6) is -0.575. The molecule has 2 aromatic rings. The Morgan fingerprint density at radius 2 is 2.20 bits per heavy atom. The summed E-state index contributed by atoms with van der Waals surface area (Å²) >= 11 is 9.37. The zero-order chi connectivity index (χ0) is 11.0. The number of benzene rings is 1. The van der Waals surface area contributed by atoms with Crippen LogP contribution in [0.5, 0.6) is 0 Å². The molecule has 0 atom stereocenters.